The zero-order chi connectivity index (χ0) is 13.2. The highest BCUT2D eigenvalue weighted by atomic mass is 16.5. The second kappa shape index (κ2) is 5.11. The van der Waals surface area contributed by atoms with Gasteiger partial charge in [0.05, 0.1) is 28.9 Å². The van der Waals surface area contributed by atoms with Crippen molar-refractivity contribution in [2.75, 3.05) is 25.5 Å². The summed E-state index contributed by atoms with van der Waals surface area (Å²) in [6, 6.07) is 8.15. The number of methoxy groups -OCH3 is 1. The maximum atomic E-state index is 5.45. The number of nitrogens with one attached hydrogen (secondary N) is 2. The van der Waals surface area contributed by atoms with Crippen molar-refractivity contribution in [1.29, 1.82) is 0 Å². The second-order valence-electron chi connectivity index (χ2n) is 4.83. The van der Waals surface area contributed by atoms with Crippen molar-refractivity contribution >= 4 is 16.9 Å². The van der Waals surface area contributed by atoms with E-state index in [-0.39, 0.29) is 12.1 Å². The highest BCUT2D eigenvalue weighted by Gasteiger charge is 2.27. The third-order valence-electron chi connectivity index (χ3n) is 3.53. The highest BCUT2D eigenvalue weighted by molar-refractivity contribution is 5.76. The van der Waals surface area contributed by atoms with Crippen molar-refractivity contribution in [3.8, 4) is 0 Å². The quantitative estimate of drug-likeness (QED) is 0.870. The molecule has 1 fully saturated rings. The number of anilines is 1. The molecule has 0 saturated carbocycles. The monoisotopic (exact) mass is 258 g/mol. The Morgan fingerprint density at radius 1 is 1.21 bits per heavy atom. The van der Waals surface area contributed by atoms with Crippen LogP contribution < -0.4 is 10.6 Å². The molecule has 1 aliphatic rings. The van der Waals surface area contributed by atoms with Crippen LogP contribution in [-0.2, 0) is 4.74 Å². The van der Waals surface area contributed by atoms with Gasteiger partial charge in [-0.3, -0.25) is 0 Å². The van der Waals surface area contributed by atoms with Gasteiger partial charge in [0.1, 0.15) is 5.82 Å². The molecular formula is C14H18N4O. The maximum absolute atomic E-state index is 5.45. The Kier molecular flexibility index (Phi) is 3.31. The van der Waals surface area contributed by atoms with Gasteiger partial charge >= 0.3 is 0 Å². The summed E-state index contributed by atoms with van der Waals surface area (Å²) in [5.41, 5.74) is 2.76. The maximum Gasteiger partial charge on any atom is 0.148 e. The van der Waals surface area contributed by atoms with Gasteiger partial charge in [0.25, 0.3) is 0 Å². The fraction of sp³-hybridized carbons (Fsp3) is 0.429. The molecule has 100 valence electrons. The van der Waals surface area contributed by atoms with E-state index >= 15 is 0 Å². The van der Waals surface area contributed by atoms with Gasteiger partial charge in [0.2, 0.25) is 0 Å². The molecule has 0 amide bonds. The van der Waals surface area contributed by atoms with Crippen molar-refractivity contribution in [2.45, 2.75) is 19.1 Å². The molecular weight excluding hydrogens is 240 g/mol. The molecule has 1 aliphatic heterocycles. The number of hydrogen-bond acceptors (Lipinski definition) is 5. The second-order valence-corrected chi connectivity index (χ2v) is 4.83. The Morgan fingerprint density at radius 2 is 1.95 bits per heavy atom. The van der Waals surface area contributed by atoms with E-state index in [1.165, 1.54) is 0 Å². The summed E-state index contributed by atoms with van der Waals surface area (Å²) in [5.74, 6) is 0.842. The zero-order valence-corrected chi connectivity index (χ0v) is 11.2. The number of hydrogen-bond donors (Lipinski definition) is 2. The smallest absolute Gasteiger partial charge is 0.148 e. The third-order valence-corrected chi connectivity index (χ3v) is 3.53. The number of ether oxygens (including phenoxy) is 1. The topological polar surface area (TPSA) is 59.1 Å². The zero-order valence-electron chi connectivity index (χ0n) is 11.2. The van der Waals surface area contributed by atoms with E-state index in [9.17, 15) is 0 Å². The van der Waals surface area contributed by atoms with Crippen molar-refractivity contribution in [3.05, 3.63) is 30.0 Å². The van der Waals surface area contributed by atoms with Gasteiger partial charge < -0.3 is 15.4 Å². The van der Waals surface area contributed by atoms with Crippen LogP contribution >= 0.6 is 0 Å². The van der Waals surface area contributed by atoms with Crippen LogP contribution in [0.25, 0.3) is 11.0 Å². The molecule has 5 heteroatoms. The van der Waals surface area contributed by atoms with Crippen LogP contribution in [-0.4, -0.2) is 42.3 Å². The molecule has 19 heavy (non-hydrogen) atoms. The lowest BCUT2D eigenvalue weighted by molar-refractivity contribution is 0.111. The van der Waals surface area contributed by atoms with Gasteiger partial charge in [0.15, 0.2) is 0 Å². The normalized spacial score (nSPS) is 22.8. The Morgan fingerprint density at radius 3 is 2.68 bits per heavy atom. The molecule has 0 spiro atoms. The third kappa shape index (κ3) is 2.39. The number of rotatable bonds is 3. The molecule has 1 aromatic carbocycles. The molecule has 1 saturated heterocycles. The minimum Gasteiger partial charge on any atom is -0.378 e. The minimum absolute atomic E-state index is 0.174. The van der Waals surface area contributed by atoms with Gasteiger partial charge in [-0.15, -0.1) is 0 Å². The SMILES string of the molecule is CO[C@H]1CNCC1Nc1nc2ccccc2nc1C. The molecule has 2 N–H and O–H groups in total. The first-order valence-corrected chi connectivity index (χ1v) is 6.51. The number of benzene rings is 1. The summed E-state index contributed by atoms with van der Waals surface area (Å²) in [6.45, 7) is 3.73. The number of aromatic nitrogens is 2. The van der Waals surface area contributed by atoms with Crippen LogP contribution in [0.5, 0.6) is 0 Å². The largest absolute Gasteiger partial charge is 0.378 e. The van der Waals surface area contributed by atoms with Crippen LogP contribution in [0.4, 0.5) is 5.82 Å². The summed E-state index contributed by atoms with van der Waals surface area (Å²) < 4.78 is 5.45. The van der Waals surface area contributed by atoms with Crippen LogP contribution in [0.1, 0.15) is 5.69 Å². The lowest BCUT2D eigenvalue weighted by Gasteiger charge is -2.20. The van der Waals surface area contributed by atoms with E-state index in [0.717, 1.165) is 35.6 Å². The van der Waals surface area contributed by atoms with Crippen molar-refractivity contribution in [1.82, 2.24) is 15.3 Å². The van der Waals surface area contributed by atoms with Crippen LogP contribution in [0.3, 0.4) is 0 Å². The van der Waals surface area contributed by atoms with Crippen molar-refractivity contribution in [3.63, 3.8) is 0 Å². The molecule has 0 radical (unpaired) electrons. The van der Waals surface area contributed by atoms with Crippen molar-refractivity contribution < 1.29 is 4.74 Å². The van der Waals surface area contributed by atoms with E-state index in [4.69, 9.17) is 4.74 Å². The van der Waals surface area contributed by atoms with E-state index in [1.807, 2.05) is 31.2 Å². The molecule has 1 unspecified atom stereocenters. The van der Waals surface area contributed by atoms with E-state index in [0.29, 0.717) is 0 Å². The minimum atomic E-state index is 0.174. The average molecular weight is 258 g/mol. The lowest BCUT2D eigenvalue weighted by atomic mass is 10.2. The first kappa shape index (κ1) is 12.3. The summed E-state index contributed by atoms with van der Waals surface area (Å²) in [4.78, 5) is 9.23. The number of para-hydroxylation sites is 2. The van der Waals surface area contributed by atoms with Crippen LogP contribution in [0.2, 0.25) is 0 Å². The Bertz CT molecular complexity index is 587. The standard InChI is InChI=1S/C14H18N4O/c1-9-14(18-12-7-15-8-13(12)19-2)17-11-6-4-3-5-10(11)16-9/h3-6,12-13,15H,7-8H2,1-2H3,(H,17,18)/t12?,13-/m0/s1. The Labute approximate surface area is 112 Å². The predicted octanol–water partition coefficient (Wildman–Crippen LogP) is 1.34. The number of aryl methyl sites for hydroxylation is 1. The van der Waals surface area contributed by atoms with E-state index < -0.39 is 0 Å². The van der Waals surface area contributed by atoms with Gasteiger partial charge in [-0.1, -0.05) is 12.1 Å². The highest BCUT2D eigenvalue weighted by Crippen LogP contribution is 2.18. The number of fused-ring (bicyclic) bond motifs is 1. The summed E-state index contributed by atoms with van der Waals surface area (Å²) >= 11 is 0. The van der Waals surface area contributed by atoms with Crippen molar-refractivity contribution in [2.24, 2.45) is 0 Å². The summed E-state index contributed by atoms with van der Waals surface area (Å²) in [5, 5.41) is 6.76. The molecule has 5 nitrogen and oxygen atoms in total. The Balaban J connectivity index is 1.90. The van der Waals surface area contributed by atoms with Crippen LogP contribution in [0, 0.1) is 6.92 Å². The Hall–Kier alpha value is -1.72. The van der Waals surface area contributed by atoms with E-state index in [1.54, 1.807) is 7.11 Å². The molecule has 2 aromatic rings. The van der Waals surface area contributed by atoms with E-state index in [2.05, 4.69) is 20.6 Å². The van der Waals surface area contributed by atoms with Gasteiger partial charge in [-0.2, -0.15) is 0 Å². The first-order chi connectivity index (χ1) is 9.28. The summed E-state index contributed by atoms with van der Waals surface area (Å²) in [7, 11) is 1.74. The molecule has 1 aromatic heterocycles. The molecule has 0 aliphatic carbocycles. The van der Waals surface area contributed by atoms with Gasteiger partial charge in [-0.25, -0.2) is 9.97 Å². The number of nitrogens with zero attached hydrogens (tertiary/aromatic N) is 2. The van der Waals surface area contributed by atoms with Crippen LogP contribution in [0.15, 0.2) is 24.3 Å². The molecule has 3 rings (SSSR count). The fourth-order valence-electron chi connectivity index (χ4n) is 2.45. The first-order valence-electron chi connectivity index (χ1n) is 6.51. The van der Waals surface area contributed by atoms with Gasteiger partial charge in [-0.05, 0) is 19.1 Å². The molecule has 0 bridgehead atoms. The van der Waals surface area contributed by atoms with Gasteiger partial charge in [0, 0.05) is 20.2 Å². The summed E-state index contributed by atoms with van der Waals surface area (Å²) in [6.07, 6.45) is 0.174. The molecule has 2 heterocycles. The average Bonchev–Trinajstić information content (AvgIpc) is 2.87. The fourth-order valence-corrected chi connectivity index (χ4v) is 2.45. The lowest BCUT2D eigenvalue weighted by Crippen LogP contribution is -2.34. The predicted molar refractivity (Wildman–Crippen MR) is 75.4 cm³/mol. The molecule has 2 atom stereocenters.